The number of esters is 4. The number of rotatable bonds is 25. The summed E-state index contributed by atoms with van der Waals surface area (Å²) in [7, 11) is 0. The highest BCUT2D eigenvalue weighted by atomic mass is 16.6. The van der Waals surface area contributed by atoms with E-state index >= 15 is 0 Å². The molecule has 0 saturated carbocycles. The Hall–Kier alpha value is -5.64. The van der Waals surface area contributed by atoms with Gasteiger partial charge < -0.3 is 28.4 Å². The van der Waals surface area contributed by atoms with E-state index in [1.807, 2.05) is 24.3 Å². The van der Waals surface area contributed by atoms with Crippen molar-refractivity contribution >= 4 is 23.9 Å². The molecular weight excluding hydrogens is 809 g/mol. The van der Waals surface area contributed by atoms with Gasteiger partial charge in [-0.15, -0.1) is 0 Å². The number of fused-ring (bicyclic) bond motifs is 4. The first kappa shape index (κ1) is 47.8. The van der Waals surface area contributed by atoms with Crippen molar-refractivity contribution in [2.45, 2.75) is 168 Å². The summed E-state index contributed by atoms with van der Waals surface area (Å²) in [6.45, 7) is 8.52. The van der Waals surface area contributed by atoms with Gasteiger partial charge in [0.15, 0.2) is 0 Å². The monoisotopic (exact) mass is 874 g/mol. The lowest BCUT2D eigenvalue weighted by Gasteiger charge is -2.38. The van der Waals surface area contributed by atoms with Gasteiger partial charge in [-0.2, -0.15) is 0 Å². The van der Waals surface area contributed by atoms with Crippen molar-refractivity contribution in [2.24, 2.45) is 0 Å². The lowest BCUT2D eigenvalue weighted by atomic mass is 9.71. The summed E-state index contributed by atoms with van der Waals surface area (Å²) in [4.78, 5) is 51.8. The van der Waals surface area contributed by atoms with Gasteiger partial charge in [0.1, 0.15) is 46.0 Å². The molecule has 0 fully saturated rings. The van der Waals surface area contributed by atoms with Crippen LogP contribution in [0.5, 0.6) is 46.0 Å². The average Bonchev–Trinajstić information content (AvgIpc) is 3.28. The highest BCUT2D eigenvalue weighted by molar-refractivity contribution is 5.76. The molecule has 0 spiro atoms. The molecule has 0 N–H and O–H groups in total. The number of unbranched alkanes of at least 4 members (excludes halogenated alkanes) is 12. The van der Waals surface area contributed by atoms with Gasteiger partial charge in [-0.05, 0) is 49.9 Å². The second kappa shape index (κ2) is 24.4. The van der Waals surface area contributed by atoms with E-state index < -0.39 is 11.8 Å². The quantitative estimate of drug-likeness (QED) is 0.0361. The van der Waals surface area contributed by atoms with Crippen molar-refractivity contribution in [3.8, 4) is 46.0 Å². The van der Waals surface area contributed by atoms with Crippen LogP contribution in [0.2, 0.25) is 0 Å². The van der Waals surface area contributed by atoms with Gasteiger partial charge in [0.05, 0.1) is 0 Å². The summed E-state index contributed by atoms with van der Waals surface area (Å²) in [5, 5.41) is 0. The number of hydrogen-bond acceptors (Lipinski definition) is 10. The third kappa shape index (κ3) is 13.2. The van der Waals surface area contributed by atoms with Gasteiger partial charge in [-0.1, -0.05) is 129 Å². The molecule has 0 amide bonds. The van der Waals surface area contributed by atoms with Crippen LogP contribution in [0, 0.1) is 0 Å². The minimum atomic E-state index is -0.392. The predicted molar refractivity (Wildman–Crippen MR) is 247 cm³/mol. The number of ether oxygens (including phenoxy) is 6. The normalized spacial score (nSPS) is 12.8. The van der Waals surface area contributed by atoms with Crippen LogP contribution in [-0.2, 0) is 19.2 Å². The molecule has 2 heterocycles. The van der Waals surface area contributed by atoms with Crippen molar-refractivity contribution in [2.75, 3.05) is 0 Å². The summed E-state index contributed by atoms with van der Waals surface area (Å²) < 4.78 is 36.7. The third-order valence-electron chi connectivity index (χ3n) is 11.9. The largest absolute Gasteiger partial charge is 0.456 e. The first-order chi connectivity index (χ1) is 31.2. The van der Waals surface area contributed by atoms with Crippen LogP contribution in [0.4, 0.5) is 0 Å². The van der Waals surface area contributed by atoms with Crippen LogP contribution in [0.15, 0.2) is 72.8 Å². The van der Waals surface area contributed by atoms with Crippen molar-refractivity contribution in [3.63, 3.8) is 0 Å². The minimum absolute atomic E-state index is 0.306. The van der Waals surface area contributed by atoms with Crippen LogP contribution in [0.25, 0.3) is 0 Å². The smallest absolute Gasteiger partial charge is 0.311 e. The van der Waals surface area contributed by atoms with Crippen LogP contribution < -0.4 is 28.4 Å². The molecule has 0 atom stereocenters. The fourth-order valence-corrected chi connectivity index (χ4v) is 8.50. The molecule has 4 aromatic carbocycles. The Balaban J connectivity index is 1.39. The molecule has 0 saturated heterocycles. The molecule has 64 heavy (non-hydrogen) atoms. The predicted octanol–water partition coefficient (Wildman–Crippen LogP) is 14.4. The average molecular weight is 875 g/mol. The standard InChI is InChI=1S/C54H66O10/c1-5-9-13-17-21-49(55)59-37-25-29-41-45(33-37)63-46-34-38(60-50(56)22-18-14-10-6-2)26-30-42(46)53(41)54-43-31-27-39(61-51(57)23-19-15-11-7-3)35-47(43)64-48-36-40(28-32-44(48)54)62-52(58)24-20-16-12-8-4/h25-36,53-54H,5-24H2,1-4H3. The van der Waals surface area contributed by atoms with Gasteiger partial charge in [0.25, 0.3) is 0 Å². The highest BCUT2D eigenvalue weighted by Crippen LogP contribution is 2.58. The Morgan fingerprint density at radius 1 is 0.359 bits per heavy atom. The molecule has 2 aliphatic heterocycles. The van der Waals surface area contributed by atoms with Crippen LogP contribution in [-0.4, -0.2) is 23.9 Å². The van der Waals surface area contributed by atoms with Crippen molar-refractivity contribution in [3.05, 3.63) is 95.1 Å². The topological polar surface area (TPSA) is 124 Å². The van der Waals surface area contributed by atoms with E-state index in [0.29, 0.717) is 71.7 Å². The zero-order valence-electron chi connectivity index (χ0n) is 38.3. The molecule has 0 radical (unpaired) electrons. The molecule has 0 aromatic heterocycles. The van der Waals surface area contributed by atoms with E-state index in [2.05, 4.69) is 27.7 Å². The Morgan fingerprint density at radius 2 is 0.594 bits per heavy atom. The molecule has 342 valence electrons. The fourth-order valence-electron chi connectivity index (χ4n) is 8.50. The van der Waals surface area contributed by atoms with Crippen LogP contribution >= 0.6 is 0 Å². The van der Waals surface area contributed by atoms with E-state index in [1.54, 1.807) is 48.5 Å². The maximum atomic E-state index is 12.9. The minimum Gasteiger partial charge on any atom is -0.456 e. The summed E-state index contributed by atoms with van der Waals surface area (Å²) in [6, 6.07) is 21.9. The SMILES string of the molecule is CCCCCCC(=O)Oc1ccc2c(c1)Oc1cc(OC(=O)CCCCCC)ccc1C2C1c2ccc(OC(=O)CCCCCC)cc2Oc2cc(OC(=O)CCCCCC)ccc21. The number of carbonyl (C=O) groups is 4. The summed E-state index contributed by atoms with van der Waals surface area (Å²) in [5.74, 6) is 1.43. The Morgan fingerprint density at radius 3 is 0.812 bits per heavy atom. The lowest BCUT2D eigenvalue weighted by Crippen LogP contribution is -2.22. The number of hydrogen-bond donors (Lipinski definition) is 0. The van der Waals surface area contributed by atoms with Gasteiger partial charge >= 0.3 is 23.9 Å². The number of carbonyl (C=O) groups excluding carboxylic acids is 4. The second-order valence-corrected chi connectivity index (χ2v) is 17.1. The van der Waals surface area contributed by atoms with E-state index in [9.17, 15) is 19.2 Å². The zero-order chi connectivity index (χ0) is 45.3. The van der Waals surface area contributed by atoms with E-state index in [-0.39, 0.29) is 23.9 Å². The lowest BCUT2D eigenvalue weighted by molar-refractivity contribution is -0.135. The molecule has 0 aliphatic carbocycles. The molecule has 4 aromatic rings. The van der Waals surface area contributed by atoms with Gasteiger partial charge in [-0.3, -0.25) is 19.2 Å². The van der Waals surface area contributed by atoms with Gasteiger partial charge in [0, 0.05) is 84.0 Å². The number of benzene rings is 4. The van der Waals surface area contributed by atoms with Crippen molar-refractivity contribution in [1.29, 1.82) is 0 Å². The zero-order valence-corrected chi connectivity index (χ0v) is 38.3. The molecule has 0 unspecified atom stereocenters. The molecule has 2 aliphatic rings. The maximum absolute atomic E-state index is 12.9. The van der Waals surface area contributed by atoms with E-state index in [0.717, 1.165) is 125 Å². The molecule has 10 nitrogen and oxygen atoms in total. The van der Waals surface area contributed by atoms with Gasteiger partial charge in [-0.25, -0.2) is 0 Å². The van der Waals surface area contributed by atoms with Crippen molar-refractivity contribution in [1.82, 2.24) is 0 Å². The first-order valence-electron chi connectivity index (χ1n) is 23.9. The third-order valence-corrected chi connectivity index (χ3v) is 11.9. The summed E-state index contributed by atoms with van der Waals surface area (Å²) in [6.07, 6.45) is 16.7. The Kier molecular flexibility index (Phi) is 18.3. The van der Waals surface area contributed by atoms with Crippen LogP contribution in [0.1, 0.15) is 190 Å². The van der Waals surface area contributed by atoms with Crippen molar-refractivity contribution < 1.29 is 47.6 Å². The fraction of sp³-hybridized carbons (Fsp3) is 0.481. The highest BCUT2D eigenvalue weighted by Gasteiger charge is 2.41. The van der Waals surface area contributed by atoms with E-state index in [1.165, 1.54) is 0 Å². The second-order valence-electron chi connectivity index (χ2n) is 17.1. The maximum Gasteiger partial charge on any atom is 0.311 e. The Bertz CT molecular complexity index is 1900. The first-order valence-corrected chi connectivity index (χ1v) is 23.9. The molecule has 6 rings (SSSR count). The summed E-state index contributed by atoms with van der Waals surface area (Å²) in [5.41, 5.74) is 3.35. The molecule has 10 heteroatoms. The summed E-state index contributed by atoms with van der Waals surface area (Å²) >= 11 is 0. The Labute approximate surface area is 379 Å². The van der Waals surface area contributed by atoms with Crippen LogP contribution in [0.3, 0.4) is 0 Å². The molecular formula is C54H66O10. The van der Waals surface area contributed by atoms with Gasteiger partial charge in [0.2, 0.25) is 0 Å². The molecule has 0 bridgehead atoms. The van der Waals surface area contributed by atoms with E-state index in [4.69, 9.17) is 28.4 Å².